The molecule has 0 spiro atoms. The molecule has 2 unspecified atom stereocenters. The van der Waals surface area contributed by atoms with Crippen LogP contribution in [0.4, 0.5) is 4.79 Å². The number of carboxylic acid groups (broad SMARTS) is 1. The molecule has 37 heavy (non-hydrogen) atoms. The van der Waals surface area contributed by atoms with Gasteiger partial charge in [0.1, 0.15) is 6.04 Å². The van der Waals surface area contributed by atoms with Crippen LogP contribution in [0.25, 0.3) is 0 Å². The Bertz CT molecular complexity index is 1160. The lowest BCUT2D eigenvalue weighted by Crippen LogP contribution is -2.47. The number of amides is 2. The molecule has 2 amide bonds. The van der Waals surface area contributed by atoms with Gasteiger partial charge in [-0.15, -0.1) is 0 Å². The van der Waals surface area contributed by atoms with Crippen molar-refractivity contribution in [2.45, 2.75) is 19.0 Å². The van der Waals surface area contributed by atoms with Crippen molar-refractivity contribution >= 4 is 18.0 Å². The average molecular weight is 506 g/mol. The number of carbonyl (C=O) groups excluding carboxylic acids is 2. The summed E-state index contributed by atoms with van der Waals surface area (Å²) in [6.45, 7) is 4.83. The Labute approximate surface area is 216 Å². The average Bonchev–Trinajstić information content (AvgIpc) is 3.42. The number of rotatable bonds is 6. The summed E-state index contributed by atoms with van der Waals surface area (Å²) in [6.07, 6.45) is -0.576. The number of hydrogen-bond acceptors (Lipinski definition) is 6. The third-order valence-corrected chi connectivity index (χ3v) is 6.67. The molecular weight excluding hydrogens is 474 g/mol. The largest absolute Gasteiger partial charge is 0.467 e. The van der Waals surface area contributed by atoms with Crippen molar-refractivity contribution in [2.24, 2.45) is 5.92 Å². The number of esters is 1. The third-order valence-electron chi connectivity index (χ3n) is 6.67. The Hall–Kier alpha value is -3.87. The summed E-state index contributed by atoms with van der Waals surface area (Å²) in [5.74, 6) is 4.89. The van der Waals surface area contributed by atoms with Crippen LogP contribution in [0.15, 0.2) is 48.5 Å². The zero-order valence-electron chi connectivity index (χ0n) is 20.8. The van der Waals surface area contributed by atoms with Crippen LogP contribution in [0, 0.1) is 17.8 Å². The maximum atomic E-state index is 12.8. The van der Waals surface area contributed by atoms with E-state index >= 15 is 0 Å². The van der Waals surface area contributed by atoms with Gasteiger partial charge in [0.15, 0.2) is 0 Å². The SMILES string of the molecule is COC(=O)C(NC(=O)c1ccc(C#Cc2ccc(CN3CCOCC3)cc2)cc1)C1CCN(C(=O)O)C1. The Kier molecular flexibility index (Phi) is 8.77. The molecule has 0 bridgehead atoms. The van der Waals surface area contributed by atoms with E-state index in [-0.39, 0.29) is 12.5 Å². The van der Waals surface area contributed by atoms with E-state index in [4.69, 9.17) is 9.47 Å². The van der Waals surface area contributed by atoms with Crippen LogP contribution in [0.3, 0.4) is 0 Å². The number of nitrogens with zero attached hydrogens (tertiary/aromatic N) is 2. The van der Waals surface area contributed by atoms with Crippen molar-refractivity contribution in [3.63, 3.8) is 0 Å². The van der Waals surface area contributed by atoms with Crippen LogP contribution in [0.5, 0.6) is 0 Å². The van der Waals surface area contributed by atoms with Crippen LogP contribution < -0.4 is 5.32 Å². The first-order valence-electron chi connectivity index (χ1n) is 12.3. The fraction of sp³-hybridized carbons (Fsp3) is 0.393. The van der Waals surface area contributed by atoms with Gasteiger partial charge in [-0.2, -0.15) is 0 Å². The second kappa shape index (κ2) is 12.4. The van der Waals surface area contributed by atoms with E-state index in [9.17, 15) is 19.5 Å². The number of hydrogen-bond donors (Lipinski definition) is 2. The molecular formula is C28H31N3O6. The third kappa shape index (κ3) is 7.09. The lowest BCUT2D eigenvalue weighted by molar-refractivity contribution is -0.144. The molecule has 2 aromatic rings. The van der Waals surface area contributed by atoms with Gasteiger partial charge in [0.05, 0.1) is 20.3 Å². The minimum absolute atomic E-state index is 0.165. The van der Waals surface area contributed by atoms with Crippen molar-refractivity contribution in [3.8, 4) is 11.8 Å². The summed E-state index contributed by atoms with van der Waals surface area (Å²) < 4.78 is 10.2. The highest BCUT2D eigenvalue weighted by molar-refractivity contribution is 5.97. The maximum Gasteiger partial charge on any atom is 0.407 e. The van der Waals surface area contributed by atoms with Gasteiger partial charge in [0, 0.05) is 55.3 Å². The molecule has 2 fully saturated rings. The summed E-state index contributed by atoms with van der Waals surface area (Å²) in [7, 11) is 1.25. The molecule has 9 nitrogen and oxygen atoms in total. The zero-order valence-corrected chi connectivity index (χ0v) is 20.8. The van der Waals surface area contributed by atoms with Gasteiger partial charge in [-0.05, 0) is 48.4 Å². The summed E-state index contributed by atoms with van der Waals surface area (Å²) >= 11 is 0. The lowest BCUT2D eigenvalue weighted by Gasteiger charge is -2.26. The van der Waals surface area contributed by atoms with Gasteiger partial charge >= 0.3 is 12.1 Å². The molecule has 2 N–H and O–H groups in total. The second-order valence-corrected chi connectivity index (χ2v) is 9.16. The normalized spacial score (nSPS) is 18.4. The van der Waals surface area contributed by atoms with E-state index in [0.717, 1.165) is 44.0 Å². The molecule has 2 aliphatic heterocycles. The second-order valence-electron chi connectivity index (χ2n) is 9.16. The molecule has 0 aromatic heterocycles. The smallest absolute Gasteiger partial charge is 0.407 e. The number of nitrogens with one attached hydrogen (secondary N) is 1. The number of morpholine rings is 1. The zero-order chi connectivity index (χ0) is 26.2. The summed E-state index contributed by atoms with van der Waals surface area (Å²) in [5, 5.41) is 11.9. The maximum absolute atomic E-state index is 12.8. The van der Waals surface area contributed by atoms with E-state index < -0.39 is 24.0 Å². The molecule has 9 heteroatoms. The van der Waals surface area contributed by atoms with Gasteiger partial charge in [0.25, 0.3) is 5.91 Å². The first-order valence-corrected chi connectivity index (χ1v) is 12.3. The van der Waals surface area contributed by atoms with Crippen molar-refractivity contribution in [1.29, 1.82) is 0 Å². The Morgan fingerprint density at radius 2 is 1.65 bits per heavy atom. The van der Waals surface area contributed by atoms with Gasteiger partial charge in [0.2, 0.25) is 0 Å². The number of ether oxygens (including phenoxy) is 2. The summed E-state index contributed by atoms with van der Waals surface area (Å²) in [5.41, 5.74) is 3.27. The molecule has 2 aromatic carbocycles. The predicted molar refractivity (Wildman–Crippen MR) is 136 cm³/mol. The number of likely N-dealkylation sites (tertiary alicyclic amines) is 1. The molecule has 2 heterocycles. The quantitative estimate of drug-likeness (QED) is 0.458. The highest BCUT2D eigenvalue weighted by Crippen LogP contribution is 2.21. The van der Waals surface area contributed by atoms with Gasteiger partial charge in [-0.3, -0.25) is 9.69 Å². The summed E-state index contributed by atoms with van der Waals surface area (Å²) in [6, 6.07) is 14.1. The first kappa shape index (κ1) is 26.2. The molecule has 2 atom stereocenters. The Morgan fingerprint density at radius 1 is 1.03 bits per heavy atom. The lowest BCUT2D eigenvalue weighted by atomic mass is 9.98. The first-order chi connectivity index (χ1) is 17.9. The van der Waals surface area contributed by atoms with Crippen molar-refractivity contribution < 1.29 is 29.0 Å². The van der Waals surface area contributed by atoms with Crippen LogP contribution >= 0.6 is 0 Å². The minimum Gasteiger partial charge on any atom is -0.467 e. The topological polar surface area (TPSA) is 108 Å². The highest BCUT2D eigenvalue weighted by Gasteiger charge is 2.37. The van der Waals surface area contributed by atoms with Crippen LogP contribution in [0.2, 0.25) is 0 Å². The van der Waals surface area contributed by atoms with Crippen molar-refractivity contribution in [1.82, 2.24) is 15.1 Å². The Morgan fingerprint density at radius 3 is 2.22 bits per heavy atom. The number of methoxy groups -OCH3 is 1. The van der Waals surface area contributed by atoms with E-state index in [2.05, 4.69) is 34.2 Å². The van der Waals surface area contributed by atoms with Gasteiger partial charge in [-0.1, -0.05) is 24.0 Å². The van der Waals surface area contributed by atoms with E-state index in [0.29, 0.717) is 18.5 Å². The Balaban J connectivity index is 1.35. The predicted octanol–water partition coefficient (Wildman–Crippen LogP) is 2.19. The standard InChI is InChI=1S/C28H31N3O6/c1-36-27(33)25(24-12-13-31(19-24)28(34)35)29-26(32)23-10-8-21(9-11-23)3-2-20-4-6-22(7-5-20)18-30-14-16-37-17-15-30/h4-11,24-25H,12-19H2,1H3,(H,29,32)(H,34,35). The van der Waals surface area contributed by atoms with E-state index in [1.807, 2.05) is 12.1 Å². The molecule has 0 aliphatic carbocycles. The highest BCUT2D eigenvalue weighted by atomic mass is 16.5. The van der Waals surface area contributed by atoms with Crippen molar-refractivity contribution in [3.05, 3.63) is 70.8 Å². The molecule has 0 radical (unpaired) electrons. The van der Waals surface area contributed by atoms with Crippen molar-refractivity contribution in [2.75, 3.05) is 46.5 Å². The monoisotopic (exact) mass is 505 g/mol. The number of benzene rings is 2. The fourth-order valence-corrected chi connectivity index (χ4v) is 4.51. The van der Waals surface area contributed by atoms with E-state index in [1.165, 1.54) is 17.6 Å². The van der Waals surface area contributed by atoms with Gasteiger partial charge in [-0.25, -0.2) is 9.59 Å². The fourth-order valence-electron chi connectivity index (χ4n) is 4.51. The molecule has 194 valence electrons. The molecule has 0 saturated carbocycles. The molecule has 2 saturated heterocycles. The summed E-state index contributed by atoms with van der Waals surface area (Å²) in [4.78, 5) is 40.0. The number of carbonyl (C=O) groups is 3. The molecule has 2 aliphatic rings. The minimum atomic E-state index is -1.04. The van der Waals surface area contributed by atoms with Crippen LogP contribution in [-0.2, 0) is 20.8 Å². The van der Waals surface area contributed by atoms with Gasteiger partial charge < -0.3 is 24.8 Å². The van der Waals surface area contributed by atoms with Crippen LogP contribution in [-0.4, -0.2) is 85.4 Å². The van der Waals surface area contributed by atoms with Crippen LogP contribution in [0.1, 0.15) is 33.5 Å². The molecule has 4 rings (SSSR count). The van der Waals surface area contributed by atoms with E-state index in [1.54, 1.807) is 24.3 Å².